The molecule has 0 fully saturated rings. The lowest BCUT2D eigenvalue weighted by molar-refractivity contribution is -0.177. The molecule has 0 aromatic rings. The van der Waals surface area contributed by atoms with Crippen molar-refractivity contribution in [2.75, 3.05) is 6.61 Å². The summed E-state index contributed by atoms with van der Waals surface area (Å²) >= 11 is 0. The van der Waals surface area contributed by atoms with Crippen molar-refractivity contribution < 1.29 is 14.7 Å². The van der Waals surface area contributed by atoms with Crippen LogP contribution in [0.2, 0.25) is 0 Å². The molecule has 0 radical (unpaired) electrons. The zero-order valence-electron chi connectivity index (χ0n) is 8.91. The van der Waals surface area contributed by atoms with E-state index in [1.54, 1.807) is 20.0 Å². The number of carbonyl (C=O) groups is 1. The Morgan fingerprint density at radius 2 is 2.36 bits per heavy atom. The first-order chi connectivity index (χ1) is 6.54. The molecule has 0 bridgehead atoms. The fraction of sp³-hybridized carbons (Fsp3) is 0.700. The van der Waals surface area contributed by atoms with E-state index in [2.05, 4.69) is 0 Å². The van der Waals surface area contributed by atoms with Crippen LogP contribution in [0.3, 0.4) is 0 Å². The maximum atomic E-state index is 11.6. The van der Waals surface area contributed by atoms with Gasteiger partial charge in [0.25, 0.3) is 0 Å². The lowest BCUT2D eigenvalue weighted by Gasteiger charge is -2.28. The predicted octanol–water partition coefficient (Wildman–Crippen LogP) is 1.70. The zero-order valence-corrected chi connectivity index (χ0v) is 8.91. The lowest BCUT2D eigenvalue weighted by Crippen LogP contribution is -2.46. The summed E-state index contributed by atoms with van der Waals surface area (Å²) in [6.45, 7) is 5.77. The van der Waals surface area contributed by atoms with Crippen molar-refractivity contribution in [2.45, 2.75) is 39.2 Å². The van der Waals surface area contributed by atoms with Crippen molar-refractivity contribution in [2.24, 2.45) is 0 Å². The number of esters is 1. The van der Waals surface area contributed by atoms with Crippen molar-refractivity contribution in [1.29, 1.82) is 0 Å². The number of hydrogen-bond acceptors (Lipinski definition) is 4. The molecule has 0 amide bonds. The first-order valence-corrected chi connectivity index (χ1v) is 4.89. The predicted molar refractivity (Wildman–Crippen MR) is 51.7 cm³/mol. The van der Waals surface area contributed by atoms with Gasteiger partial charge in [-0.25, -0.2) is 9.86 Å². The van der Waals surface area contributed by atoms with Gasteiger partial charge in [0.1, 0.15) is 0 Å². The third-order valence-corrected chi connectivity index (χ3v) is 2.55. The second-order valence-electron chi connectivity index (χ2n) is 3.66. The average Bonchev–Trinajstić information content (AvgIpc) is 2.44. The standard InChI is InChI=1S/C10H17NO3/c1-4-8-6-10(3,11(13)7-8)9(12)14-5-2/h7,13H,4-6H2,1-3H3/t10-/m1/s1. The molecule has 0 aromatic heterocycles. The summed E-state index contributed by atoms with van der Waals surface area (Å²) in [4.78, 5) is 11.6. The first-order valence-electron chi connectivity index (χ1n) is 4.89. The molecule has 1 rings (SSSR count). The van der Waals surface area contributed by atoms with E-state index in [4.69, 9.17) is 4.74 Å². The summed E-state index contributed by atoms with van der Waals surface area (Å²) in [6.07, 6.45) is 2.99. The van der Waals surface area contributed by atoms with Gasteiger partial charge in [-0.15, -0.1) is 0 Å². The molecule has 1 heterocycles. The quantitative estimate of drug-likeness (QED) is 0.703. The van der Waals surface area contributed by atoms with Crippen LogP contribution in [0.15, 0.2) is 11.8 Å². The molecule has 1 aliphatic rings. The maximum Gasteiger partial charge on any atom is 0.334 e. The van der Waals surface area contributed by atoms with Crippen molar-refractivity contribution in [1.82, 2.24) is 5.06 Å². The molecule has 80 valence electrons. The minimum atomic E-state index is -0.929. The summed E-state index contributed by atoms with van der Waals surface area (Å²) < 4.78 is 4.92. The van der Waals surface area contributed by atoms with Crippen LogP contribution < -0.4 is 0 Å². The Balaban J connectivity index is 2.74. The highest BCUT2D eigenvalue weighted by atomic mass is 16.6. The molecular formula is C10H17NO3. The largest absolute Gasteiger partial charge is 0.464 e. The summed E-state index contributed by atoms with van der Waals surface area (Å²) in [7, 11) is 0. The molecular weight excluding hydrogens is 182 g/mol. The van der Waals surface area contributed by atoms with Gasteiger partial charge >= 0.3 is 5.97 Å². The van der Waals surface area contributed by atoms with E-state index in [0.717, 1.165) is 17.1 Å². The molecule has 1 atom stereocenters. The SMILES string of the molecule is CCOC(=O)[C@@]1(C)CC(CC)=CN1O. The Bertz CT molecular complexity index is 262. The average molecular weight is 199 g/mol. The van der Waals surface area contributed by atoms with Crippen molar-refractivity contribution >= 4 is 5.97 Å². The van der Waals surface area contributed by atoms with Gasteiger partial charge in [-0.05, 0) is 25.8 Å². The first kappa shape index (κ1) is 11.0. The van der Waals surface area contributed by atoms with Crippen LogP contribution in [0.25, 0.3) is 0 Å². The fourth-order valence-electron chi connectivity index (χ4n) is 1.55. The lowest BCUT2D eigenvalue weighted by atomic mass is 9.96. The Kier molecular flexibility index (Phi) is 3.16. The third kappa shape index (κ3) is 1.75. The molecule has 4 heteroatoms. The van der Waals surface area contributed by atoms with Crippen LogP contribution in [0.5, 0.6) is 0 Å². The second-order valence-corrected chi connectivity index (χ2v) is 3.66. The van der Waals surface area contributed by atoms with E-state index < -0.39 is 5.54 Å². The highest BCUT2D eigenvalue weighted by Gasteiger charge is 2.43. The highest BCUT2D eigenvalue weighted by molar-refractivity contribution is 5.81. The molecule has 0 aromatic carbocycles. The van der Waals surface area contributed by atoms with Crippen molar-refractivity contribution in [3.63, 3.8) is 0 Å². The van der Waals surface area contributed by atoms with E-state index in [-0.39, 0.29) is 5.97 Å². The topological polar surface area (TPSA) is 49.8 Å². The Morgan fingerprint density at radius 3 is 2.79 bits per heavy atom. The van der Waals surface area contributed by atoms with Crippen LogP contribution in [-0.2, 0) is 9.53 Å². The monoisotopic (exact) mass is 199 g/mol. The van der Waals surface area contributed by atoms with Crippen molar-refractivity contribution in [3.8, 4) is 0 Å². The van der Waals surface area contributed by atoms with Crippen molar-refractivity contribution in [3.05, 3.63) is 11.8 Å². The minimum absolute atomic E-state index is 0.337. The van der Waals surface area contributed by atoms with Gasteiger partial charge in [-0.3, -0.25) is 5.21 Å². The third-order valence-electron chi connectivity index (χ3n) is 2.55. The maximum absolute atomic E-state index is 11.6. The van der Waals surface area contributed by atoms with Gasteiger partial charge in [0, 0.05) is 12.6 Å². The Hall–Kier alpha value is -1.03. The molecule has 4 nitrogen and oxygen atoms in total. The molecule has 14 heavy (non-hydrogen) atoms. The molecule has 0 aliphatic carbocycles. The number of hydrogen-bond donors (Lipinski definition) is 1. The van der Waals surface area contributed by atoms with Crippen LogP contribution in [0, 0.1) is 0 Å². The van der Waals surface area contributed by atoms with E-state index in [1.807, 2.05) is 6.92 Å². The van der Waals surface area contributed by atoms with E-state index in [9.17, 15) is 10.0 Å². The molecule has 0 saturated heterocycles. The summed E-state index contributed by atoms with van der Waals surface area (Å²) in [5.74, 6) is -0.373. The minimum Gasteiger partial charge on any atom is -0.464 e. The van der Waals surface area contributed by atoms with E-state index in [0.29, 0.717) is 13.0 Å². The zero-order chi connectivity index (χ0) is 10.8. The number of nitrogens with zero attached hydrogens (tertiary/aromatic N) is 1. The molecule has 1 N–H and O–H groups in total. The number of ether oxygens (including phenoxy) is 1. The summed E-state index contributed by atoms with van der Waals surface area (Å²) in [6, 6.07) is 0. The molecule has 1 aliphatic heterocycles. The molecule has 0 unspecified atom stereocenters. The molecule has 0 saturated carbocycles. The van der Waals surface area contributed by atoms with Crippen LogP contribution in [-0.4, -0.2) is 28.4 Å². The van der Waals surface area contributed by atoms with E-state index in [1.165, 1.54) is 0 Å². The van der Waals surface area contributed by atoms with Gasteiger partial charge < -0.3 is 4.74 Å². The fourth-order valence-corrected chi connectivity index (χ4v) is 1.55. The molecule has 0 spiro atoms. The smallest absolute Gasteiger partial charge is 0.334 e. The number of hydroxylamine groups is 2. The van der Waals surface area contributed by atoms with Gasteiger partial charge in [0.2, 0.25) is 0 Å². The normalized spacial score (nSPS) is 26.3. The van der Waals surface area contributed by atoms with Gasteiger partial charge in [0.05, 0.1) is 6.61 Å². The Morgan fingerprint density at radius 1 is 1.71 bits per heavy atom. The van der Waals surface area contributed by atoms with Gasteiger partial charge in [-0.1, -0.05) is 6.92 Å². The van der Waals surface area contributed by atoms with Gasteiger partial charge in [-0.2, -0.15) is 0 Å². The van der Waals surface area contributed by atoms with Gasteiger partial charge in [0.15, 0.2) is 5.54 Å². The number of carbonyl (C=O) groups excluding carboxylic acids is 1. The second kappa shape index (κ2) is 4.00. The van der Waals surface area contributed by atoms with Crippen LogP contribution in [0.4, 0.5) is 0 Å². The number of rotatable bonds is 3. The summed E-state index contributed by atoms with van der Waals surface area (Å²) in [5.41, 5.74) is 0.129. The Labute approximate surface area is 84.1 Å². The highest BCUT2D eigenvalue weighted by Crippen LogP contribution is 2.32. The summed E-state index contributed by atoms with van der Waals surface area (Å²) in [5, 5.41) is 10.6. The van der Waals surface area contributed by atoms with Crippen LogP contribution in [0.1, 0.15) is 33.6 Å². The van der Waals surface area contributed by atoms with E-state index >= 15 is 0 Å². The van der Waals surface area contributed by atoms with Crippen LogP contribution >= 0.6 is 0 Å².